The van der Waals surface area contributed by atoms with Crippen molar-refractivity contribution in [1.29, 1.82) is 0 Å². The number of aromatic nitrogens is 2. The van der Waals surface area contributed by atoms with E-state index in [0.29, 0.717) is 6.04 Å². The third-order valence-electron chi connectivity index (χ3n) is 3.63. The fourth-order valence-corrected chi connectivity index (χ4v) is 2.85. The largest absolute Gasteiger partial charge is 0.313 e. The Morgan fingerprint density at radius 2 is 2.28 bits per heavy atom. The molecule has 5 heteroatoms. The lowest BCUT2D eigenvalue weighted by atomic mass is 10.0. The molecule has 102 valence electrons. The molecule has 1 atom stereocenters. The first-order valence-corrected chi connectivity index (χ1v) is 7.05. The van der Waals surface area contributed by atoms with Crippen LogP contribution in [-0.2, 0) is 13.6 Å². The van der Waals surface area contributed by atoms with Crippen LogP contribution in [0.5, 0.6) is 0 Å². The van der Waals surface area contributed by atoms with Crippen molar-refractivity contribution in [2.75, 3.05) is 20.1 Å². The highest BCUT2D eigenvalue weighted by Crippen LogP contribution is 2.20. The van der Waals surface area contributed by atoms with Gasteiger partial charge in [0.2, 0.25) is 0 Å². The molecule has 1 aromatic rings. The van der Waals surface area contributed by atoms with Gasteiger partial charge in [-0.15, -0.1) is 0 Å². The van der Waals surface area contributed by atoms with Crippen molar-refractivity contribution in [3.8, 4) is 0 Å². The van der Waals surface area contributed by atoms with E-state index >= 15 is 0 Å². The number of hydrogen-bond acceptors (Lipinski definition) is 3. The molecule has 1 aromatic heterocycles. The molecule has 0 aliphatic carbocycles. The Kier molecular flexibility index (Phi) is 4.65. The Morgan fingerprint density at radius 1 is 1.50 bits per heavy atom. The van der Waals surface area contributed by atoms with Crippen molar-refractivity contribution in [2.24, 2.45) is 7.05 Å². The number of aryl methyl sites for hydroxylation is 2. The number of piperidine rings is 1. The summed E-state index contributed by atoms with van der Waals surface area (Å²) in [6.07, 6.45) is 3.94. The first-order valence-electron chi connectivity index (χ1n) is 6.68. The minimum Gasteiger partial charge on any atom is -0.313 e. The van der Waals surface area contributed by atoms with Gasteiger partial charge in [0.25, 0.3) is 0 Å². The third kappa shape index (κ3) is 3.25. The summed E-state index contributed by atoms with van der Waals surface area (Å²) >= 11 is 6.28. The van der Waals surface area contributed by atoms with Crippen molar-refractivity contribution in [3.63, 3.8) is 0 Å². The Morgan fingerprint density at radius 3 is 2.83 bits per heavy atom. The maximum absolute atomic E-state index is 6.28. The molecule has 0 bridgehead atoms. The van der Waals surface area contributed by atoms with Gasteiger partial charge in [0.05, 0.1) is 16.4 Å². The number of likely N-dealkylation sites (N-methyl/N-ethyl adjacent to an activating group) is 1. The van der Waals surface area contributed by atoms with Crippen LogP contribution < -0.4 is 5.32 Å². The van der Waals surface area contributed by atoms with Gasteiger partial charge >= 0.3 is 0 Å². The standard InChI is InChI=1S/C13H23ClN4/c1-10-13(14)12(18(3)16-10)9-17(2)8-11-6-4-5-7-15-11/h11,15H,4-9H2,1-3H3. The molecule has 1 fully saturated rings. The summed E-state index contributed by atoms with van der Waals surface area (Å²) < 4.78 is 1.89. The Bertz CT molecular complexity index is 396. The zero-order valence-corrected chi connectivity index (χ0v) is 12.3. The lowest BCUT2D eigenvalue weighted by Crippen LogP contribution is -2.42. The fourth-order valence-electron chi connectivity index (χ4n) is 2.63. The highest BCUT2D eigenvalue weighted by molar-refractivity contribution is 6.31. The number of hydrogen-bond donors (Lipinski definition) is 1. The lowest BCUT2D eigenvalue weighted by Gasteiger charge is -2.28. The van der Waals surface area contributed by atoms with Crippen LogP contribution in [-0.4, -0.2) is 40.9 Å². The van der Waals surface area contributed by atoms with Gasteiger partial charge in [-0.1, -0.05) is 18.0 Å². The van der Waals surface area contributed by atoms with Crippen LogP contribution >= 0.6 is 11.6 Å². The predicted octanol–water partition coefficient (Wildman–Crippen LogP) is 1.96. The Hall–Kier alpha value is -0.580. The van der Waals surface area contributed by atoms with Crippen LogP contribution in [0.1, 0.15) is 30.7 Å². The zero-order chi connectivity index (χ0) is 13.1. The summed E-state index contributed by atoms with van der Waals surface area (Å²) in [7, 11) is 4.11. The second-order valence-corrected chi connectivity index (χ2v) is 5.69. The van der Waals surface area contributed by atoms with Gasteiger partial charge in [0.15, 0.2) is 0 Å². The van der Waals surface area contributed by atoms with E-state index in [9.17, 15) is 0 Å². The summed E-state index contributed by atoms with van der Waals surface area (Å²) in [6.45, 7) is 5.04. The molecule has 2 heterocycles. The molecule has 1 unspecified atom stereocenters. The average molecular weight is 271 g/mol. The maximum atomic E-state index is 6.28. The van der Waals surface area contributed by atoms with Gasteiger partial charge in [0, 0.05) is 26.2 Å². The quantitative estimate of drug-likeness (QED) is 0.908. The molecule has 1 aliphatic rings. The monoisotopic (exact) mass is 270 g/mol. The average Bonchev–Trinajstić information content (AvgIpc) is 2.57. The zero-order valence-electron chi connectivity index (χ0n) is 11.5. The molecular formula is C13H23ClN4. The minimum atomic E-state index is 0.622. The maximum Gasteiger partial charge on any atom is 0.0860 e. The molecule has 2 rings (SSSR count). The minimum absolute atomic E-state index is 0.622. The fraction of sp³-hybridized carbons (Fsp3) is 0.769. The summed E-state index contributed by atoms with van der Waals surface area (Å²) in [6, 6.07) is 0.622. The van der Waals surface area contributed by atoms with Gasteiger partial charge < -0.3 is 5.32 Å². The van der Waals surface area contributed by atoms with Crippen LogP contribution in [0.15, 0.2) is 0 Å². The van der Waals surface area contributed by atoms with Crippen molar-refractivity contribution >= 4 is 11.6 Å². The molecule has 1 N–H and O–H groups in total. The molecule has 0 spiro atoms. The molecule has 18 heavy (non-hydrogen) atoms. The van der Waals surface area contributed by atoms with E-state index in [1.165, 1.54) is 19.3 Å². The van der Waals surface area contributed by atoms with Crippen molar-refractivity contribution in [2.45, 2.75) is 38.8 Å². The molecule has 0 amide bonds. The number of nitrogens with one attached hydrogen (secondary N) is 1. The number of rotatable bonds is 4. The molecule has 4 nitrogen and oxygen atoms in total. The molecular weight excluding hydrogens is 248 g/mol. The first kappa shape index (κ1) is 13.8. The van der Waals surface area contributed by atoms with E-state index < -0.39 is 0 Å². The summed E-state index contributed by atoms with van der Waals surface area (Å²) in [4.78, 5) is 2.32. The highest BCUT2D eigenvalue weighted by atomic mass is 35.5. The second-order valence-electron chi connectivity index (χ2n) is 5.31. The third-order valence-corrected chi connectivity index (χ3v) is 4.12. The Labute approximate surface area is 114 Å². The van der Waals surface area contributed by atoms with Gasteiger partial charge in [-0.3, -0.25) is 9.58 Å². The van der Waals surface area contributed by atoms with Gasteiger partial charge in [-0.25, -0.2) is 0 Å². The SMILES string of the molecule is Cc1nn(C)c(CN(C)CC2CCCCN2)c1Cl. The van der Waals surface area contributed by atoms with Gasteiger partial charge in [-0.05, 0) is 33.4 Å². The highest BCUT2D eigenvalue weighted by Gasteiger charge is 2.17. The van der Waals surface area contributed by atoms with E-state index in [-0.39, 0.29) is 0 Å². The van der Waals surface area contributed by atoms with E-state index in [4.69, 9.17) is 11.6 Å². The normalized spacial score (nSPS) is 20.6. The summed E-state index contributed by atoms with van der Waals surface area (Å²) in [5.41, 5.74) is 2.02. The van der Waals surface area contributed by atoms with E-state index in [1.54, 1.807) is 0 Å². The second kappa shape index (κ2) is 6.04. The van der Waals surface area contributed by atoms with Gasteiger partial charge in [-0.2, -0.15) is 5.10 Å². The molecule has 1 aliphatic heterocycles. The van der Waals surface area contributed by atoms with E-state index in [1.807, 2.05) is 18.7 Å². The Balaban J connectivity index is 1.91. The summed E-state index contributed by atoms with van der Waals surface area (Å²) in [5, 5.41) is 8.73. The first-order chi connectivity index (χ1) is 8.58. The molecule has 0 saturated carbocycles. The number of nitrogens with zero attached hydrogens (tertiary/aromatic N) is 3. The lowest BCUT2D eigenvalue weighted by molar-refractivity contribution is 0.252. The van der Waals surface area contributed by atoms with E-state index in [0.717, 1.165) is 36.0 Å². The van der Waals surface area contributed by atoms with Crippen molar-refractivity contribution in [3.05, 3.63) is 16.4 Å². The van der Waals surface area contributed by atoms with Crippen LogP contribution in [0.4, 0.5) is 0 Å². The van der Waals surface area contributed by atoms with Crippen molar-refractivity contribution in [1.82, 2.24) is 20.0 Å². The van der Waals surface area contributed by atoms with Crippen LogP contribution in [0.3, 0.4) is 0 Å². The summed E-state index contributed by atoms with van der Waals surface area (Å²) in [5.74, 6) is 0. The van der Waals surface area contributed by atoms with Crippen LogP contribution in [0.2, 0.25) is 5.02 Å². The predicted molar refractivity (Wildman–Crippen MR) is 74.9 cm³/mol. The number of halogens is 1. The smallest absolute Gasteiger partial charge is 0.0860 e. The van der Waals surface area contributed by atoms with Gasteiger partial charge in [0.1, 0.15) is 0 Å². The van der Waals surface area contributed by atoms with E-state index in [2.05, 4.69) is 22.4 Å². The van der Waals surface area contributed by atoms with Crippen molar-refractivity contribution < 1.29 is 0 Å². The topological polar surface area (TPSA) is 33.1 Å². The van der Waals surface area contributed by atoms with Crippen LogP contribution in [0.25, 0.3) is 0 Å². The molecule has 0 aromatic carbocycles. The van der Waals surface area contributed by atoms with Crippen LogP contribution in [0, 0.1) is 6.92 Å². The molecule has 1 saturated heterocycles. The molecule has 0 radical (unpaired) electrons.